The van der Waals surface area contributed by atoms with Crippen LogP contribution in [0.4, 0.5) is 0 Å². The first kappa shape index (κ1) is 20.8. The van der Waals surface area contributed by atoms with Crippen LogP contribution in [0.25, 0.3) is 44.9 Å². The Balaban J connectivity index is 1.42. The third kappa shape index (κ3) is 3.43. The molecule has 5 aromatic rings. The first-order chi connectivity index (χ1) is 16.5. The molecule has 0 saturated carbocycles. The van der Waals surface area contributed by atoms with Crippen LogP contribution in [0.15, 0.2) is 103 Å². The molecule has 0 fully saturated rings. The molecule has 6 rings (SSSR count). The van der Waals surface area contributed by atoms with Crippen molar-refractivity contribution >= 4 is 11.6 Å². The molecule has 1 aliphatic carbocycles. The second-order valence-corrected chi connectivity index (χ2v) is 9.66. The molecule has 1 aromatic heterocycles. The highest BCUT2D eigenvalue weighted by molar-refractivity contribution is 6.29. The number of hydrogen-bond donors (Lipinski definition) is 0. The fourth-order valence-electron chi connectivity index (χ4n) is 5.02. The van der Waals surface area contributed by atoms with Crippen molar-refractivity contribution in [3.8, 4) is 44.9 Å². The van der Waals surface area contributed by atoms with Crippen LogP contribution in [0.2, 0.25) is 5.15 Å². The molecule has 0 bridgehead atoms. The van der Waals surface area contributed by atoms with Crippen LogP contribution in [-0.2, 0) is 5.41 Å². The molecule has 1 heterocycles. The first-order valence-electron chi connectivity index (χ1n) is 11.5. The van der Waals surface area contributed by atoms with Crippen molar-refractivity contribution in [1.29, 1.82) is 0 Å². The van der Waals surface area contributed by atoms with E-state index in [0.29, 0.717) is 11.0 Å². The molecule has 0 spiro atoms. The highest BCUT2D eigenvalue weighted by Gasteiger charge is 2.35. The molecule has 1 aliphatic rings. The van der Waals surface area contributed by atoms with Gasteiger partial charge < -0.3 is 0 Å². The summed E-state index contributed by atoms with van der Waals surface area (Å²) in [6, 6.07) is 35.8. The molecule has 0 amide bonds. The molecular formula is C31H23ClN2. The molecular weight excluding hydrogens is 436 g/mol. The fraction of sp³-hybridized carbons (Fsp3) is 0.0968. The van der Waals surface area contributed by atoms with Gasteiger partial charge in [-0.05, 0) is 45.5 Å². The Morgan fingerprint density at radius 1 is 0.559 bits per heavy atom. The number of fused-ring (bicyclic) bond motifs is 3. The van der Waals surface area contributed by atoms with Crippen LogP contribution < -0.4 is 0 Å². The Hall–Kier alpha value is -3.75. The van der Waals surface area contributed by atoms with Gasteiger partial charge in [-0.15, -0.1) is 0 Å². The van der Waals surface area contributed by atoms with Crippen LogP contribution in [0, 0.1) is 0 Å². The average molecular weight is 459 g/mol. The molecule has 0 atom stereocenters. The molecule has 4 aromatic carbocycles. The molecule has 0 radical (unpaired) electrons. The Morgan fingerprint density at radius 3 is 2.09 bits per heavy atom. The van der Waals surface area contributed by atoms with Crippen LogP contribution >= 0.6 is 11.6 Å². The number of aromatic nitrogens is 2. The summed E-state index contributed by atoms with van der Waals surface area (Å²) >= 11 is 6.40. The van der Waals surface area contributed by atoms with Gasteiger partial charge in [-0.3, -0.25) is 0 Å². The maximum absolute atomic E-state index is 6.40. The van der Waals surface area contributed by atoms with Crippen molar-refractivity contribution in [1.82, 2.24) is 9.97 Å². The summed E-state index contributed by atoms with van der Waals surface area (Å²) in [6.45, 7) is 4.62. The molecule has 0 N–H and O–H groups in total. The minimum absolute atomic E-state index is 0.0235. The van der Waals surface area contributed by atoms with Gasteiger partial charge in [0.2, 0.25) is 0 Å². The number of rotatable bonds is 3. The van der Waals surface area contributed by atoms with E-state index in [4.69, 9.17) is 16.6 Å². The van der Waals surface area contributed by atoms with Crippen LogP contribution in [0.5, 0.6) is 0 Å². The molecule has 34 heavy (non-hydrogen) atoms. The maximum atomic E-state index is 6.40. The van der Waals surface area contributed by atoms with Crippen LogP contribution in [-0.4, -0.2) is 9.97 Å². The van der Waals surface area contributed by atoms with Gasteiger partial charge in [0.05, 0.1) is 5.69 Å². The quantitative estimate of drug-likeness (QED) is 0.253. The lowest BCUT2D eigenvalue weighted by Crippen LogP contribution is -2.14. The van der Waals surface area contributed by atoms with Crippen molar-refractivity contribution in [2.75, 3.05) is 0 Å². The minimum atomic E-state index is -0.0235. The van der Waals surface area contributed by atoms with Gasteiger partial charge in [-0.1, -0.05) is 110 Å². The Morgan fingerprint density at radius 2 is 1.24 bits per heavy atom. The van der Waals surface area contributed by atoms with E-state index < -0.39 is 0 Å². The second-order valence-electron chi connectivity index (χ2n) is 9.28. The van der Waals surface area contributed by atoms with E-state index in [1.807, 2.05) is 36.4 Å². The topological polar surface area (TPSA) is 25.8 Å². The summed E-state index contributed by atoms with van der Waals surface area (Å²) in [5, 5.41) is 0.436. The summed E-state index contributed by atoms with van der Waals surface area (Å²) in [6.07, 6.45) is 0. The largest absolute Gasteiger partial charge is 0.228 e. The zero-order chi connectivity index (χ0) is 23.3. The third-order valence-electron chi connectivity index (χ3n) is 6.80. The predicted molar refractivity (Wildman–Crippen MR) is 141 cm³/mol. The minimum Gasteiger partial charge on any atom is -0.228 e. The van der Waals surface area contributed by atoms with Gasteiger partial charge >= 0.3 is 0 Å². The summed E-state index contributed by atoms with van der Waals surface area (Å²) in [7, 11) is 0. The van der Waals surface area contributed by atoms with Gasteiger partial charge in [-0.25, -0.2) is 9.97 Å². The van der Waals surface area contributed by atoms with Crippen LogP contribution in [0.3, 0.4) is 0 Å². The van der Waals surface area contributed by atoms with Gasteiger partial charge in [0.15, 0.2) is 5.82 Å². The first-order valence-corrected chi connectivity index (χ1v) is 11.8. The van der Waals surface area contributed by atoms with Gasteiger partial charge in [-0.2, -0.15) is 0 Å². The molecule has 164 valence electrons. The number of halogens is 1. The van der Waals surface area contributed by atoms with Crippen molar-refractivity contribution in [2.24, 2.45) is 0 Å². The predicted octanol–water partition coefficient (Wildman–Crippen LogP) is 8.44. The molecule has 0 unspecified atom stereocenters. The van der Waals surface area contributed by atoms with Crippen LogP contribution in [0.1, 0.15) is 25.0 Å². The van der Waals surface area contributed by atoms with Crippen molar-refractivity contribution < 1.29 is 0 Å². The molecule has 2 nitrogen and oxygen atoms in total. The molecule has 0 saturated heterocycles. The van der Waals surface area contributed by atoms with Gasteiger partial charge in [0.1, 0.15) is 5.15 Å². The van der Waals surface area contributed by atoms with E-state index in [1.54, 1.807) is 0 Å². The zero-order valence-electron chi connectivity index (χ0n) is 19.1. The van der Waals surface area contributed by atoms with E-state index in [2.05, 4.69) is 85.6 Å². The van der Waals surface area contributed by atoms with E-state index in [0.717, 1.165) is 22.4 Å². The summed E-state index contributed by atoms with van der Waals surface area (Å²) in [5.74, 6) is 0.630. The summed E-state index contributed by atoms with van der Waals surface area (Å²) in [4.78, 5) is 9.26. The van der Waals surface area contributed by atoms with E-state index in [-0.39, 0.29) is 5.41 Å². The Labute approximate surface area is 204 Å². The molecule has 0 aliphatic heterocycles. The summed E-state index contributed by atoms with van der Waals surface area (Å²) in [5.41, 5.74) is 10.5. The number of benzene rings is 4. The fourth-order valence-corrected chi connectivity index (χ4v) is 5.21. The lowest BCUT2D eigenvalue weighted by Gasteiger charge is -2.22. The number of hydrogen-bond acceptors (Lipinski definition) is 2. The molecule has 3 heteroatoms. The maximum Gasteiger partial charge on any atom is 0.161 e. The van der Waals surface area contributed by atoms with Crippen molar-refractivity contribution in [3.05, 3.63) is 119 Å². The van der Waals surface area contributed by atoms with E-state index in [1.165, 1.54) is 27.8 Å². The van der Waals surface area contributed by atoms with E-state index in [9.17, 15) is 0 Å². The van der Waals surface area contributed by atoms with Gasteiger partial charge in [0, 0.05) is 22.6 Å². The second kappa shape index (κ2) is 7.93. The van der Waals surface area contributed by atoms with Gasteiger partial charge in [0.25, 0.3) is 0 Å². The zero-order valence-corrected chi connectivity index (χ0v) is 19.8. The standard InChI is InChI=1S/C31H23ClN2/c1-31(2)26-14-7-6-13-24(26)25-16-15-22(18-27(25)31)21-11-8-12-23(17-21)28-19-29(32)34-30(33-28)20-9-4-3-5-10-20/h3-19H,1-2H3. The summed E-state index contributed by atoms with van der Waals surface area (Å²) < 4.78 is 0. The average Bonchev–Trinajstić information content (AvgIpc) is 3.11. The lowest BCUT2D eigenvalue weighted by molar-refractivity contribution is 0.660. The number of nitrogens with zero attached hydrogens (tertiary/aromatic N) is 2. The Kier molecular flexibility index (Phi) is 4.86. The monoisotopic (exact) mass is 458 g/mol. The smallest absolute Gasteiger partial charge is 0.161 e. The highest BCUT2D eigenvalue weighted by atomic mass is 35.5. The van der Waals surface area contributed by atoms with Crippen molar-refractivity contribution in [3.63, 3.8) is 0 Å². The third-order valence-corrected chi connectivity index (χ3v) is 7.00. The van der Waals surface area contributed by atoms with Crippen molar-refractivity contribution in [2.45, 2.75) is 19.3 Å². The SMILES string of the molecule is CC1(C)c2ccccc2-c2ccc(-c3cccc(-c4cc(Cl)nc(-c5ccccc5)n4)c3)cc21. The van der Waals surface area contributed by atoms with E-state index >= 15 is 0 Å². The Bertz CT molecular complexity index is 1540. The lowest BCUT2D eigenvalue weighted by atomic mass is 9.81. The highest BCUT2D eigenvalue weighted by Crippen LogP contribution is 2.49. The normalized spacial score (nSPS) is 13.4.